The molecule has 1 rings (SSSR count). The van der Waals surface area contributed by atoms with E-state index in [1.807, 2.05) is 0 Å². The quantitative estimate of drug-likeness (QED) is 0.526. The number of allylic oxidation sites excluding steroid dienone is 1. The van der Waals surface area contributed by atoms with Crippen molar-refractivity contribution in [2.24, 2.45) is 4.99 Å². The molecule has 0 amide bonds. The first-order valence-corrected chi connectivity index (χ1v) is 3.94. The Morgan fingerprint density at radius 3 is 2.80 bits per heavy atom. The van der Waals surface area contributed by atoms with Crippen LogP contribution >= 0.6 is 0 Å². The molecule has 1 aliphatic rings. The van der Waals surface area contributed by atoms with Gasteiger partial charge >= 0.3 is 0 Å². The molecule has 1 aliphatic heterocycles. The van der Waals surface area contributed by atoms with E-state index in [0.29, 0.717) is 6.04 Å². The molecule has 0 radical (unpaired) electrons. The van der Waals surface area contributed by atoms with Crippen LogP contribution in [0.2, 0.25) is 0 Å². The highest BCUT2D eigenvalue weighted by molar-refractivity contribution is 5.94. The number of nitrogens with zero attached hydrogens (tertiary/aromatic N) is 1. The molecule has 10 heavy (non-hydrogen) atoms. The van der Waals surface area contributed by atoms with E-state index < -0.39 is 0 Å². The highest BCUT2D eigenvalue weighted by Crippen LogP contribution is 2.16. The SMILES string of the molecule is CCC1CC(C)=CC(C)=N1. The van der Waals surface area contributed by atoms with Gasteiger partial charge in [-0.3, -0.25) is 4.99 Å². The smallest absolute Gasteiger partial charge is 0.0537 e. The average Bonchev–Trinajstić information content (AvgIpc) is 1.85. The predicted octanol–water partition coefficient (Wildman–Crippen LogP) is 2.58. The number of rotatable bonds is 1. The summed E-state index contributed by atoms with van der Waals surface area (Å²) in [5, 5.41) is 0. The van der Waals surface area contributed by atoms with Crippen molar-refractivity contribution in [2.75, 3.05) is 0 Å². The van der Waals surface area contributed by atoms with Gasteiger partial charge in [-0.1, -0.05) is 12.5 Å². The minimum absolute atomic E-state index is 0.560. The third kappa shape index (κ3) is 1.69. The highest BCUT2D eigenvalue weighted by Gasteiger charge is 2.08. The van der Waals surface area contributed by atoms with Crippen LogP contribution in [0.5, 0.6) is 0 Å². The van der Waals surface area contributed by atoms with Gasteiger partial charge in [0.1, 0.15) is 0 Å². The van der Waals surface area contributed by atoms with Gasteiger partial charge in [-0.25, -0.2) is 0 Å². The summed E-state index contributed by atoms with van der Waals surface area (Å²) in [6.07, 6.45) is 4.50. The molecule has 0 spiro atoms. The third-order valence-corrected chi connectivity index (χ3v) is 1.87. The monoisotopic (exact) mass is 137 g/mol. The van der Waals surface area contributed by atoms with Crippen molar-refractivity contribution in [1.82, 2.24) is 0 Å². The van der Waals surface area contributed by atoms with Gasteiger partial charge in [0, 0.05) is 5.71 Å². The lowest BCUT2D eigenvalue weighted by Crippen LogP contribution is -2.10. The molecule has 0 aromatic rings. The molecule has 0 aromatic carbocycles. The summed E-state index contributed by atoms with van der Waals surface area (Å²) < 4.78 is 0. The lowest BCUT2D eigenvalue weighted by molar-refractivity contribution is 0.638. The van der Waals surface area contributed by atoms with E-state index in [1.54, 1.807) is 0 Å². The van der Waals surface area contributed by atoms with E-state index in [2.05, 4.69) is 31.8 Å². The summed E-state index contributed by atoms with van der Waals surface area (Å²) in [6.45, 7) is 6.45. The van der Waals surface area contributed by atoms with E-state index in [0.717, 1.165) is 6.42 Å². The van der Waals surface area contributed by atoms with E-state index in [-0.39, 0.29) is 0 Å². The molecule has 0 aliphatic carbocycles. The van der Waals surface area contributed by atoms with Gasteiger partial charge in [0.15, 0.2) is 0 Å². The normalized spacial score (nSPS) is 25.7. The maximum absolute atomic E-state index is 4.49. The molecule has 1 unspecified atom stereocenters. The summed E-state index contributed by atoms with van der Waals surface area (Å²) in [5.74, 6) is 0. The van der Waals surface area contributed by atoms with E-state index in [4.69, 9.17) is 0 Å². The fourth-order valence-electron chi connectivity index (χ4n) is 1.39. The molecule has 0 saturated heterocycles. The summed E-state index contributed by atoms with van der Waals surface area (Å²) in [7, 11) is 0. The molecular weight excluding hydrogens is 122 g/mol. The van der Waals surface area contributed by atoms with Gasteiger partial charge in [-0.2, -0.15) is 0 Å². The Morgan fingerprint density at radius 2 is 2.30 bits per heavy atom. The largest absolute Gasteiger partial charge is 0.286 e. The Balaban J connectivity index is 2.67. The highest BCUT2D eigenvalue weighted by atomic mass is 14.8. The van der Waals surface area contributed by atoms with Gasteiger partial charge in [0.25, 0.3) is 0 Å². The van der Waals surface area contributed by atoms with Crippen molar-refractivity contribution in [3.05, 3.63) is 11.6 Å². The zero-order valence-corrected chi connectivity index (χ0v) is 7.02. The van der Waals surface area contributed by atoms with E-state index in [1.165, 1.54) is 17.7 Å². The van der Waals surface area contributed by atoms with Crippen molar-refractivity contribution < 1.29 is 0 Å². The third-order valence-electron chi connectivity index (χ3n) is 1.87. The Hall–Kier alpha value is -0.590. The van der Waals surface area contributed by atoms with Crippen LogP contribution in [0.25, 0.3) is 0 Å². The minimum atomic E-state index is 0.560. The fourth-order valence-corrected chi connectivity index (χ4v) is 1.39. The molecule has 0 fully saturated rings. The zero-order chi connectivity index (χ0) is 7.56. The molecule has 1 heterocycles. The number of aliphatic imine (C=N–C) groups is 1. The second-order valence-electron chi connectivity index (χ2n) is 3.03. The first kappa shape index (κ1) is 7.52. The second-order valence-corrected chi connectivity index (χ2v) is 3.03. The van der Waals surface area contributed by atoms with E-state index in [9.17, 15) is 0 Å². The summed E-state index contributed by atoms with van der Waals surface area (Å²) >= 11 is 0. The summed E-state index contributed by atoms with van der Waals surface area (Å²) in [6, 6.07) is 0.560. The standard InChI is InChI=1S/C9H15N/c1-4-9-6-7(2)5-8(3)10-9/h5,9H,4,6H2,1-3H3. The van der Waals surface area contributed by atoms with Crippen LogP contribution in [0.4, 0.5) is 0 Å². The zero-order valence-electron chi connectivity index (χ0n) is 7.02. The topological polar surface area (TPSA) is 12.4 Å². The van der Waals surface area contributed by atoms with Crippen LogP contribution < -0.4 is 0 Å². The van der Waals surface area contributed by atoms with Crippen LogP contribution in [-0.2, 0) is 0 Å². The molecule has 1 nitrogen and oxygen atoms in total. The van der Waals surface area contributed by atoms with Gasteiger partial charge in [-0.15, -0.1) is 0 Å². The Kier molecular flexibility index (Phi) is 2.25. The van der Waals surface area contributed by atoms with Crippen LogP contribution in [0.3, 0.4) is 0 Å². The maximum atomic E-state index is 4.49. The fraction of sp³-hybridized carbons (Fsp3) is 0.667. The van der Waals surface area contributed by atoms with Gasteiger partial charge in [-0.05, 0) is 32.8 Å². The van der Waals surface area contributed by atoms with Crippen LogP contribution in [-0.4, -0.2) is 11.8 Å². The summed E-state index contributed by atoms with van der Waals surface area (Å²) in [5.41, 5.74) is 2.66. The molecule has 0 saturated carbocycles. The molecule has 0 N–H and O–H groups in total. The minimum Gasteiger partial charge on any atom is -0.286 e. The molecule has 0 bridgehead atoms. The van der Waals surface area contributed by atoms with Gasteiger partial charge in [0.2, 0.25) is 0 Å². The molecule has 0 aromatic heterocycles. The van der Waals surface area contributed by atoms with Crippen LogP contribution in [0.15, 0.2) is 16.6 Å². The Bertz CT molecular complexity index is 177. The number of dihydropyridines is 1. The van der Waals surface area contributed by atoms with Crippen molar-refractivity contribution in [1.29, 1.82) is 0 Å². The first-order valence-electron chi connectivity index (χ1n) is 3.94. The number of hydrogen-bond acceptors (Lipinski definition) is 1. The van der Waals surface area contributed by atoms with Crippen LogP contribution in [0.1, 0.15) is 33.6 Å². The summed E-state index contributed by atoms with van der Waals surface area (Å²) in [4.78, 5) is 4.49. The lowest BCUT2D eigenvalue weighted by Gasteiger charge is -2.15. The molecular formula is C9H15N. The van der Waals surface area contributed by atoms with Crippen LogP contribution in [0, 0.1) is 0 Å². The maximum Gasteiger partial charge on any atom is 0.0537 e. The lowest BCUT2D eigenvalue weighted by atomic mass is 10.0. The molecule has 1 heteroatoms. The van der Waals surface area contributed by atoms with Crippen molar-refractivity contribution in [3.8, 4) is 0 Å². The Morgan fingerprint density at radius 1 is 1.60 bits per heavy atom. The van der Waals surface area contributed by atoms with Gasteiger partial charge in [0.05, 0.1) is 6.04 Å². The molecule has 1 atom stereocenters. The van der Waals surface area contributed by atoms with Gasteiger partial charge < -0.3 is 0 Å². The number of hydrogen-bond donors (Lipinski definition) is 0. The van der Waals surface area contributed by atoms with Crippen molar-refractivity contribution in [2.45, 2.75) is 39.7 Å². The first-order chi connectivity index (χ1) is 4.72. The Labute approximate surface area is 62.9 Å². The van der Waals surface area contributed by atoms with Crippen molar-refractivity contribution >= 4 is 5.71 Å². The average molecular weight is 137 g/mol. The predicted molar refractivity (Wildman–Crippen MR) is 45.6 cm³/mol. The second kappa shape index (κ2) is 3.00. The van der Waals surface area contributed by atoms with E-state index >= 15 is 0 Å². The van der Waals surface area contributed by atoms with Crippen molar-refractivity contribution in [3.63, 3.8) is 0 Å². The molecule has 56 valence electrons.